The summed E-state index contributed by atoms with van der Waals surface area (Å²) in [6.45, 7) is 2.12. The van der Waals surface area contributed by atoms with E-state index in [0.29, 0.717) is 5.92 Å². The summed E-state index contributed by atoms with van der Waals surface area (Å²) in [5, 5.41) is 5.29. The summed E-state index contributed by atoms with van der Waals surface area (Å²) in [7, 11) is 1.97. The maximum atomic E-state index is 4.72. The molecular formula is C17H19N5S. The number of benzene rings is 1. The lowest BCUT2D eigenvalue weighted by atomic mass is 10.0. The molecule has 5 nitrogen and oxygen atoms in total. The molecule has 1 atom stereocenters. The number of nitrogens with zero attached hydrogens (tertiary/aromatic N) is 5. The average Bonchev–Trinajstić information content (AvgIpc) is 3.29. The van der Waals surface area contributed by atoms with E-state index in [1.807, 2.05) is 36.1 Å². The van der Waals surface area contributed by atoms with E-state index in [1.165, 1.54) is 23.5 Å². The Balaban J connectivity index is 1.43. The van der Waals surface area contributed by atoms with E-state index in [4.69, 9.17) is 4.98 Å². The molecular weight excluding hydrogens is 306 g/mol. The van der Waals surface area contributed by atoms with Crippen LogP contribution in [0.15, 0.2) is 42.7 Å². The Morgan fingerprint density at radius 3 is 2.91 bits per heavy atom. The number of anilines is 1. The van der Waals surface area contributed by atoms with Crippen molar-refractivity contribution in [3.05, 3.63) is 48.3 Å². The minimum atomic E-state index is 0.670. The van der Waals surface area contributed by atoms with Gasteiger partial charge in [-0.2, -0.15) is 14.5 Å². The van der Waals surface area contributed by atoms with Crippen molar-refractivity contribution in [1.82, 2.24) is 19.1 Å². The van der Waals surface area contributed by atoms with Crippen LogP contribution in [-0.4, -0.2) is 32.2 Å². The van der Waals surface area contributed by atoms with Crippen molar-refractivity contribution in [2.24, 2.45) is 13.0 Å². The van der Waals surface area contributed by atoms with Gasteiger partial charge in [0.25, 0.3) is 0 Å². The summed E-state index contributed by atoms with van der Waals surface area (Å²) in [6, 6.07) is 10.2. The van der Waals surface area contributed by atoms with Crippen LogP contribution in [0.2, 0.25) is 0 Å². The van der Waals surface area contributed by atoms with Gasteiger partial charge in [0, 0.05) is 43.4 Å². The van der Waals surface area contributed by atoms with Crippen molar-refractivity contribution in [2.45, 2.75) is 12.8 Å². The normalized spacial score (nSPS) is 17.8. The zero-order valence-corrected chi connectivity index (χ0v) is 13.9. The third kappa shape index (κ3) is 3.12. The summed E-state index contributed by atoms with van der Waals surface area (Å²) < 4.78 is 6.39. The summed E-state index contributed by atoms with van der Waals surface area (Å²) in [4.78, 5) is 7.09. The van der Waals surface area contributed by atoms with Crippen LogP contribution in [0.4, 0.5) is 5.13 Å². The zero-order valence-electron chi connectivity index (χ0n) is 13.1. The standard InChI is InChI=1S/C17H19N5S/c1-21-11-14(10-18-21)9-13-7-8-22(12-13)17-19-16(20-23-17)15-5-3-2-4-6-15/h2-6,10-11,13H,7-9,12H2,1H3. The molecule has 0 amide bonds. The average molecular weight is 325 g/mol. The fraction of sp³-hybridized carbons (Fsp3) is 0.353. The van der Waals surface area contributed by atoms with Crippen LogP contribution in [0.3, 0.4) is 0 Å². The number of aromatic nitrogens is 4. The second-order valence-corrected chi connectivity index (χ2v) is 6.82. The highest BCUT2D eigenvalue weighted by atomic mass is 32.1. The fourth-order valence-corrected chi connectivity index (χ4v) is 3.85. The Bertz CT molecular complexity index is 779. The minimum Gasteiger partial charge on any atom is -0.347 e. The first-order valence-corrected chi connectivity index (χ1v) is 8.67. The van der Waals surface area contributed by atoms with Crippen LogP contribution in [0, 0.1) is 5.92 Å². The number of hydrogen-bond donors (Lipinski definition) is 0. The summed E-state index contributed by atoms with van der Waals surface area (Å²) in [5.41, 5.74) is 2.41. The molecule has 3 aromatic rings. The second kappa shape index (κ2) is 6.12. The van der Waals surface area contributed by atoms with Gasteiger partial charge in [0.05, 0.1) is 6.20 Å². The summed E-state index contributed by atoms with van der Waals surface area (Å²) >= 11 is 1.50. The van der Waals surface area contributed by atoms with E-state index in [0.717, 1.165) is 36.0 Å². The van der Waals surface area contributed by atoms with E-state index >= 15 is 0 Å². The number of rotatable bonds is 4. The van der Waals surface area contributed by atoms with E-state index < -0.39 is 0 Å². The molecule has 1 saturated heterocycles. The van der Waals surface area contributed by atoms with Gasteiger partial charge in [-0.3, -0.25) is 4.68 Å². The maximum absolute atomic E-state index is 4.72. The molecule has 4 rings (SSSR count). The first-order chi connectivity index (χ1) is 11.3. The topological polar surface area (TPSA) is 46.8 Å². The van der Waals surface area contributed by atoms with Crippen LogP contribution in [-0.2, 0) is 13.5 Å². The quantitative estimate of drug-likeness (QED) is 0.740. The van der Waals surface area contributed by atoms with Crippen LogP contribution >= 0.6 is 11.5 Å². The van der Waals surface area contributed by atoms with Crippen molar-refractivity contribution in [2.75, 3.05) is 18.0 Å². The van der Waals surface area contributed by atoms with Crippen molar-refractivity contribution in [3.63, 3.8) is 0 Å². The predicted octanol–water partition coefficient (Wildman–Crippen LogP) is 3.01. The van der Waals surface area contributed by atoms with Gasteiger partial charge in [-0.15, -0.1) is 0 Å². The summed E-state index contributed by atoms with van der Waals surface area (Å²) in [6.07, 6.45) is 6.38. The smallest absolute Gasteiger partial charge is 0.205 e. The monoisotopic (exact) mass is 325 g/mol. The van der Waals surface area contributed by atoms with Crippen LogP contribution < -0.4 is 4.90 Å². The lowest BCUT2D eigenvalue weighted by Gasteiger charge is -2.13. The van der Waals surface area contributed by atoms with Gasteiger partial charge in [-0.05, 0) is 24.3 Å². The van der Waals surface area contributed by atoms with Gasteiger partial charge in [0.1, 0.15) is 0 Å². The predicted molar refractivity (Wildman–Crippen MR) is 92.6 cm³/mol. The minimum absolute atomic E-state index is 0.670. The van der Waals surface area contributed by atoms with E-state index in [1.54, 1.807) is 0 Å². The first kappa shape index (κ1) is 14.4. The van der Waals surface area contributed by atoms with Gasteiger partial charge in [-0.25, -0.2) is 0 Å². The molecule has 0 spiro atoms. The molecule has 0 aliphatic carbocycles. The third-order valence-corrected chi connectivity index (χ3v) is 5.06. The fourth-order valence-electron chi connectivity index (χ4n) is 3.13. The highest BCUT2D eigenvalue weighted by molar-refractivity contribution is 7.09. The first-order valence-electron chi connectivity index (χ1n) is 7.89. The SMILES string of the molecule is Cn1cc(CC2CCN(c3nc(-c4ccccc4)ns3)C2)cn1. The molecule has 0 bridgehead atoms. The lowest BCUT2D eigenvalue weighted by Crippen LogP contribution is -2.19. The molecule has 6 heteroatoms. The number of aryl methyl sites for hydroxylation is 1. The molecule has 3 heterocycles. The molecule has 1 unspecified atom stereocenters. The molecule has 1 aliphatic heterocycles. The van der Waals surface area contributed by atoms with E-state index in [9.17, 15) is 0 Å². The molecule has 1 aromatic carbocycles. The molecule has 1 aliphatic rings. The highest BCUT2D eigenvalue weighted by Gasteiger charge is 2.25. The Hall–Kier alpha value is -2.21. The zero-order chi connectivity index (χ0) is 15.6. The molecule has 23 heavy (non-hydrogen) atoms. The van der Waals surface area contributed by atoms with Crippen molar-refractivity contribution >= 4 is 16.7 Å². The maximum Gasteiger partial charge on any atom is 0.205 e. The van der Waals surface area contributed by atoms with Crippen molar-refractivity contribution < 1.29 is 0 Å². The molecule has 0 saturated carbocycles. The number of hydrogen-bond acceptors (Lipinski definition) is 5. The Morgan fingerprint density at radius 2 is 2.13 bits per heavy atom. The van der Waals surface area contributed by atoms with Crippen molar-refractivity contribution in [1.29, 1.82) is 0 Å². The summed E-state index contributed by atoms with van der Waals surface area (Å²) in [5.74, 6) is 1.50. The van der Waals surface area contributed by atoms with Gasteiger partial charge in [-0.1, -0.05) is 30.3 Å². The van der Waals surface area contributed by atoms with Gasteiger partial charge < -0.3 is 4.90 Å². The lowest BCUT2D eigenvalue weighted by molar-refractivity contribution is 0.586. The van der Waals surface area contributed by atoms with E-state index in [2.05, 4.69) is 32.7 Å². The highest BCUT2D eigenvalue weighted by Crippen LogP contribution is 2.29. The molecule has 118 valence electrons. The molecule has 1 fully saturated rings. The van der Waals surface area contributed by atoms with Crippen LogP contribution in [0.25, 0.3) is 11.4 Å². The third-order valence-electron chi connectivity index (χ3n) is 4.29. The van der Waals surface area contributed by atoms with Gasteiger partial charge >= 0.3 is 0 Å². The Morgan fingerprint density at radius 1 is 1.26 bits per heavy atom. The van der Waals surface area contributed by atoms with Crippen LogP contribution in [0.1, 0.15) is 12.0 Å². The van der Waals surface area contributed by atoms with Gasteiger partial charge in [0.2, 0.25) is 5.13 Å². The Labute approximate surface area is 139 Å². The molecule has 0 radical (unpaired) electrons. The Kier molecular flexibility index (Phi) is 3.83. The largest absolute Gasteiger partial charge is 0.347 e. The van der Waals surface area contributed by atoms with Gasteiger partial charge in [0.15, 0.2) is 5.82 Å². The van der Waals surface area contributed by atoms with Crippen molar-refractivity contribution in [3.8, 4) is 11.4 Å². The van der Waals surface area contributed by atoms with E-state index in [-0.39, 0.29) is 0 Å². The second-order valence-electron chi connectivity index (χ2n) is 6.09. The molecule has 2 aromatic heterocycles. The van der Waals surface area contributed by atoms with Crippen LogP contribution in [0.5, 0.6) is 0 Å². The molecule has 0 N–H and O–H groups in total.